The maximum absolute atomic E-state index is 10.8. The standard InChI is InChI=1S/C19H38O2/c1-3-4-5-13-16-19(21)17-14-11-9-7-6-8-10-12-15-18(2)20/h19,21H,3-17H2,1-2H3. The van der Waals surface area contributed by atoms with Gasteiger partial charge in [0, 0.05) is 6.42 Å². The molecule has 2 heteroatoms. The summed E-state index contributed by atoms with van der Waals surface area (Å²) in [6.07, 6.45) is 17.6. The molecule has 0 aliphatic carbocycles. The summed E-state index contributed by atoms with van der Waals surface area (Å²) in [4.78, 5) is 10.8. The minimum atomic E-state index is -0.0616. The van der Waals surface area contributed by atoms with E-state index in [0.717, 1.165) is 25.7 Å². The van der Waals surface area contributed by atoms with E-state index in [-0.39, 0.29) is 6.10 Å². The lowest BCUT2D eigenvalue weighted by molar-refractivity contribution is -0.117. The van der Waals surface area contributed by atoms with E-state index in [2.05, 4.69) is 6.92 Å². The molecule has 0 fully saturated rings. The zero-order valence-corrected chi connectivity index (χ0v) is 14.5. The Kier molecular flexibility index (Phi) is 15.7. The van der Waals surface area contributed by atoms with Gasteiger partial charge < -0.3 is 9.90 Å². The minimum Gasteiger partial charge on any atom is -0.393 e. The summed E-state index contributed by atoms with van der Waals surface area (Å²) in [5, 5.41) is 9.87. The van der Waals surface area contributed by atoms with Gasteiger partial charge in [0.05, 0.1) is 6.10 Å². The molecule has 1 unspecified atom stereocenters. The van der Waals surface area contributed by atoms with Crippen molar-refractivity contribution >= 4 is 5.78 Å². The van der Waals surface area contributed by atoms with Gasteiger partial charge in [-0.25, -0.2) is 0 Å². The molecule has 0 bridgehead atoms. The lowest BCUT2D eigenvalue weighted by atomic mass is 10.0. The number of unbranched alkanes of at least 4 members (excludes halogenated alkanes) is 10. The Morgan fingerprint density at radius 1 is 0.762 bits per heavy atom. The quantitative estimate of drug-likeness (QED) is 0.365. The van der Waals surface area contributed by atoms with Crippen molar-refractivity contribution in [1.82, 2.24) is 0 Å². The largest absolute Gasteiger partial charge is 0.393 e. The third-order valence-electron chi connectivity index (χ3n) is 4.21. The average molecular weight is 299 g/mol. The molecule has 21 heavy (non-hydrogen) atoms. The number of rotatable bonds is 16. The number of aliphatic hydroxyl groups is 1. The lowest BCUT2D eigenvalue weighted by Crippen LogP contribution is -2.05. The molecule has 0 aromatic carbocycles. The summed E-state index contributed by atoms with van der Waals surface area (Å²) in [5.41, 5.74) is 0. The second-order valence-electron chi connectivity index (χ2n) is 6.57. The van der Waals surface area contributed by atoms with E-state index >= 15 is 0 Å². The molecule has 126 valence electrons. The Balaban J connectivity index is 3.12. The summed E-state index contributed by atoms with van der Waals surface area (Å²) in [5.74, 6) is 0.322. The first-order chi connectivity index (χ1) is 10.2. The Labute approximate surface area is 132 Å². The van der Waals surface area contributed by atoms with E-state index in [1.807, 2.05) is 0 Å². The molecule has 1 atom stereocenters. The second-order valence-corrected chi connectivity index (χ2v) is 6.57. The predicted octanol–water partition coefficient (Wildman–Crippen LogP) is 5.81. The van der Waals surface area contributed by atoms with Gasteiger partial charge in [-0.3, -0.25) is 0 Å². The molecule has 0 saturated carbocycles. The van der Waals surface area contributed by atoms with Gasteiger partial charge in [-0.2, -0.15) is 0 Å². The van der Waals surface area contributed by atoms with Crippen LogP contribution < -0.4 is 0 Å². The molecule has 0 amide bonds. The Morgan fingerprint density at radius 3 is 1.67 bits per heavy atom. The van der Waals surface area contributed by atoms with Gasteiger partial charge in [0.1, 0.15) is 5.78 Å². The Morgan fingerprint density at radius 2 is 1.19 bits per heavy atom. The number of aliphatic hydroxyl groups excluding tert-OH is 1. The normalized spacial score (nSPS) is 12.5. The van der Waals surface area contributed by atoms with E-state index in [1.165, 1.54) is 70.6 Å². The first-order valence-electron chi connectivity index (χ1n) is 9.34. The first kappa shape index (κ1) is 20.6. The van der Waals surface area contributed by atoms with Gasteiger partial charge in [-0.05, 0) is 26.2 Å². The SMILES string of the molecule is CCCCCCC(O)CCCCCCCCCCC(C)=O. The van der Waals surface area contributed by atoms with Crippen molar-refractivity contribution in [2.75, 3.05) is 0 Å². The van der Waals surface area contributed by atoms with Crippen LogP contribution in [0.15, 0.2) is 0 Å². The van der Waals surface area contributed by atoms with Crippen LogP contribution in [-0.2, 0) is 4.79 Å². The number of carbonyl (C=O) groups excluding carboxylic acids is 1. The van der Waals surface area contributed by atoms with E-state index < -0.39 is 0 Å². The minimum absolute atomic E-state index is 0.0616. The number of Topliss-reactive ketones (excluding diaryl/α,β-unsaturated/α-hetero) is 1. The summed E-state index contributed by atoms with van der Waals surface area (Å²) in [7, 11) is 0. The first-order valence-corrected chi connectivity index (χ1v) is 9.34. The number of hydrogen-bond acceptors (Lipinski definition) is 2. The van der Waals surface area contributed by atoms with Crippen LogP contribution in [0.4, 0.5) is 0 Å². The van der Waals surface area contributed by atoms with Gasteiger partial charge in [-0.15, -0.1) is 0 Å². The van der Waals surface area contributed by atoms with E-state index in [1.54, 1.807) is 6.92 Å². The highest BCUT2D eigenvalue weighted by atomic mass is 16.3. The van der Waals surface area contributed by atoms with Crippen molar-refractivity contribution in [2.24, 2.45) is 0 Å². The van der Waals surface area contributed by atoms with Crippen LogP contribution in [0.3, 0.4) is 0 Å². The number of hydrogen-bond donors (Lipinski definition) is 1. The van der Waals surface area contributed by atoms with Crippen LogP contribution in [0, 0.1) is 0 Å². The highest BCUT2D eigenvalue weighted by molar-refractivity contribution is 5.75. The molecule has 0 saturated heterocycles. The molecule has 0 rings (SSSR count). The topological polar surface area (TPSA) is 37.3 Å². The smallest absolute Gasteiger partial charge is 0.129 e. The molecule has 0 heterocycles. The van der Waals surface area contributed by atoms with Crippen LogP contribution in [0.1, 0.15) is 110 Å². The van der Waals surface area contributed by atoms with E-state index in [4.69, 9.17) is 0 Å². The van der Waals surface area contributed by atoms with Crippen LogP contribution in [0.25, 0.3) is 0 Å². The maximum atomic E-state index is 10.8. The van der Waals surface area contributed by atoms with E-state index in [9.17, 15) is 9.90 Å². The van der Waals surface area contributed by atoms with Crippen molar-refractivity contribution in [3.8, 4) is 0 Å². The highest BCUT2D eigenvalue weighted by Gasteiger charge is 2.03. The van der Waals surface area contributed by atoms with Crippen LogP contribution in [0.5, 0.6) is 0 Å². The fourth-order valence-corrected chi connectivity index (χ4v) is 2.77. The van der Waals surface area contributed by atoms with Gasteiger partial charge in [-0.1, -0.05) is 77.6 Å². The molecule has 0 aliphatic heterocycles. The van der Waals surface area contributed by atoms with Crippen LogP contribution in [-0.4, -0.2) is 17.0 Å². The van der Waals surface area contributed by atoms with Crippen molar-refractivity contribution in [3.05, 3.63) is 0 Å². The molecule has 0 aliphatic rings. The number of ketones is 1. The van der Waals surface area contributed by atoms with Crippen molar-refractivity contribution in [2.45, 2.75) is 116 Å². The zero-order valence-electron chi connectivity index (χ0n) is 14.5. The monoisotopic (exact) mass is 298 g/mol. The molecule has 0 aromatic rings. The third kappa shape index (κ3) is 17.6. The second kappa shape index (κ2) is 16.0. The molecule has 0 spiro atoms. The summed E-state index contributed by atoms with van der Waals surface area (Å²) in [6.45, 7) is 3.90. The Bertz CT molecular complexity index is 226. The lowest BCUT2D eigenvalue weighted by Gasteiger charge is -2.10. The summed E-state index contributed by atoms with van der Waals surface area (Å²) in [6, 6.07) is 0. The van der Waals surface area contributed by atoms with Gasteiger partial charge in [0.25, 0.3) is 0 Å². The molecule has 0 radical (unpaired) electrons. The van der Waals surface area contributed by atoms with Crippen LogP contribution in [0.2, 0.25) is 0 Å². The molecule has 2 nitrogen and oxygen atoms in total. The van der Waals surface area contributed by atoms with Crippen LogP contribution >= 0.6 is 0 Å². The average Bonchev–Trinajstić information content (AvgIpc) is 2.45. The molecular weight excluding hydrogens is 260 g/mol. The van der Waals surface area contributed by atoms with Crippen molar-refractivity contribution in [1.29, 1.82) is 0 Å². The molecule has 0 aromatic heterocycles. The van der Waals surface area contributed by atoms with E-state index in [0.29, 0.717) is 5.78 Å². The van der Waals surface area contributed by atoms with Gasteiger partial charge in [0.15, 0.2) is 0 Å². The van der Waals surface area contributed by atoms with Crippen molar-refractivity contribution in [3.63, 3.8) is 0 Å². The number of carbonyl (C=O) groups is 1. The fraction of sp³-hybridized carbons (Fsp3) is 0.947. The van der Waals surface area contributed by atoms with Gasteiger partial charge >= 0.3 is 0 Å². The third-order valence-corrected chi connectivity index (χ3v) is 4.21. The van der Waals surface area contributed by atoms with Crippen molar-refractivity contribution < 1.29 is 9.90 Å². The molecular formula is C19H38O2. The Hall–Kier alpha value is -0.370. The molecule has 1 N–H and O–H groups in total. The van der Waals surface area contributed by atoms with Gasteiger partial charge in [0.2, 0.25) is 0 Å². The fourth-order valence-electron chi connectivity index (χ4n) is 2.77. The summed E-state index contributed by atoms with van der Waals surface area (Å²) >= 11 is 0. The maximum Gasteiger partial charge on any atom is 0.129 e. The predicted molar refractivity (Wildman–Crippen MR) is 91.6 cm³/mol. The zero-order chi connectivity index (χ0) is 15.8. The highest BCUT2D eigenvalue weighted by Crippen LogP contribution is 2.14. The summed E-state index contributed by atoms with van der Waals surface area (Å²) < 4.78 is 0.